The zero-order valence-corrected chi connectivity index (χ0v) is 21.2. The first kappa shape index (κ1) is 25.8. The smallest absolute Gasteiger partial charge is 0.303 e. The summed E-state index contributed by atoms with van der Waals surface area (Å²) in [6.07, 6.45) is -4.49. The lowest BCUT2D eigenvalue weighted by atomic mass is 9.37. The maximum atomic E-state index is 14.0. The van der Waals surface area contributed by atoms with Gasteiger partial charge in [0, 0.05) is 44.4 Å². The van der Waals surface area contributed by atoms with E-state index in [4.69, 9.17) is 14.2 Å². The fourth-order valence-electron chi connectivity index (χ4n) is 8.36. The van der Waals surface area contributed by atoms with Gasteiger partial charge >= 0.3 is 17.9 Å². The van der Waals surface area contributed by atoms with Gasteiger partial charge in [-0.05, 0) is 29.7 Å². The monoisotopic (exact) mass is 492 g/mol. The van der Waals surface area contributed by atoms with Crippen molar-refractivity contribution in [2.24, 2.45) is 34.0 Å². The number of hydrogen-bond donors (Lipinski definition) is 2. The molecule has 0 aromatic heterocycles. The van der Waals surface area contributed by atoms with E-state index in [-0.39, 0.29) is 24.5 Å². The summed E-state index contributed by atoms with van der Waals surface area (Å²) in [7, 11) is 0. The van der Waals surface area contributed by atoms with Crippen LogP contribution < -0.4 is 0 Å². The molecule has 4 saturated carbocycles. The Morgan fingerprint density at radius 2 is 1.46 bits per heavy atom. The average molecular weight is 493 g/mol. The summed E-state index contributed by atoms with van der Waals surface area (Å²) in [6.45, 7) is 13.2. The Kier molecular flexibility index (Phi) is 6.00. The molecule has 0 saturated heterocycles. The fourth-order valence-corrected chi connectivity index (χ4v) is 8.36. The van der Waals surface area contributed by atoms with E-state index in [0.29, 0.717) is 12.0 Å². The molecule has 0 aliphatic heterocycles. The molecule has 4 rings (SSSR count). The minimum absolute atomic E-state index is 0.0307. The van der Waals surface area contributed by atoms with E-state index in [1.165, 1.54) is 20.8 Å². The van der Waals surface area contributed by atoms with E-state index in [9.17, 15) is 29.4 Å². The number of aliphatic hydroxyl groups is 2. The number of aliphatic hydroxyl groups excluding tert-OH is 2. The third kappa shape index (κ3) is 3.41. The summed E-state index contributed by atoms with van der Waals surface area (Å²) < 4.78 is 17.5. The van der Waals surface area contributed by atoms with Gasteiger partial charge in [0.1, 0.15) is 12.2 Å². The first-order valence-electron chi connectivity index (χ1n) is 12.2. The van der Waals surface area contributed by atoms with Crippen molar-refractivity contribution in [3.05, 3.63) is 12.2 Å². The molecule has 0 aromatic carbocycles. The largest absolute Gasteiger partial charge is 0.462 e. The van der Waals surface area contributed by atoms with Crippen LogP contribution in [0.25, 0.3) is 0 Å². The summed E-state index contributed by atoms with van der Waals surface area (Å²) in [4.78, 5) is 51.0. The molecule has 4 aliphatic carbocycles. The first-order valence-corrected chi connectivity index (χ1v) is 12.2. The highest BCUT2D eigenvalue weighted by atomic mass is 16.6. The second-order valence-corrected chi connectivity index (χ2v) is 11.7. The molecule has 4 fully saturated rings. The molecule has 2 N–H and O–H groups in total. The van der Waals surface area contributed by atoms with E-state index in [1.807, 2.05) is 20.8 Å². The zero-order valence-electron chi connectivity index (χ0n) is 21.2. The summed E-state index contributed by atoms with van der Waals surface area (Å²) in [6, 6.07) is 0. The van der Waals surface area contributed by atoms with Gasteiger partial charge in [-0.1, -0.05) is 27.4 Å². The molecule has 0 amide bonds. The van der Waals surface area contributed by atoms with Gasteiger partial charge in [0.2, 0.25) is 0 Å². The van der Waals surface area contributed by atoms with E-state index < -0.39 is 76.5 Å². The molecule has 194 valence electrons. The number of fused-ring (bicyclic) bond motifs is 3. The molecular weight excluding hydrogens is 456 g/mol. The number of carbonyl (C=O) groups is 4. The molecule has 35 heavy (non-hydrogen) atoms. The standard InChI is InChI=1S/C26H36O9/c1-11-15-8-16(33-12(2)27)20-25(7)18(31)9-17(30)24(5,6)21(25)19(34-13(3)28)23(35-14(4)29)26(20,10-15)22(11)32/h15-21,23,30-31H,1,8-10H2,2-7H3/t15-,16+,17+,18+,19-,20+,21-,23+,25+,26+/m1/s1. The molecule has 10 atom stereocenters. The van der Waals surface area contributed by atoms with Gasteiger partial charge in [0.05, 0.1) is 17.6 Å². The number of ketones is 1. The van der Waals surface area contributed by atoms with Gasteiger partial charge in [0.15, 0.2) is 11.9 Å². The molecule has 0 unspecified atom stereocenters. The molecule has 1 spiro atoms. The zero-order chi connectivity index (χ0) is 26.2. The van der Waals surface area contributed by atoms with Gasteiger partial charge < -0.3 is 24.4 Å². The summed E-state index contributed by atoms with van der Waals surface area (Å²) in [5.74, 6) is -3.93. The highest BCUT2D eigenvalue weighted by Gasteiger charge is 2.79. The topological polar surface area (TPSA) is 136 Å². The van der Waals surface area contributed by atoms with Crippen molar-refractivity contribution in [3.8, 4) is 0 Å². The quantitative estimate of drug-likeness (QED) is 0.343. The summed E-state index contributed by atoms with van der Waals surface area (Å²) in [5, 5.41) is 22.6. The van der Waals surface area contributed by atoms with Crippen molar-refractivity contribution in [2.75, 3.05) is 0 Å². The molecule has 2 bridgehead atoms. The molecule has 0 radical (unpaired) electrons. The SMILES string of the molecule is C=C1C(=O)[C@]23C[C@H]1C[C@H](OC(C)=O)[C@H]2[C@@]1(C)[C@H]([C@@H](OC(C)=O)[C@@H]3OC(C)=O)C(C)(C)[C@@H](O)C[C@@H]1O. The minimum atomic E-state index is -1.41. The summed E-state index contributed by atoms with van der Waals surface area (Å²) in [5.41, 5.74) is -3.10. The highest BCUT2D eigenvalue weighted by Crippen LogP contribution is 2.72. The molecule has 9 heteroatoms. The Balaban J connectivity index is 2.06. The van der Waals surface area contributed by atoms with Crippen LogP contribution in [0.3, 0.4) is 0 Å². The lowest BCUT2D eigenvalue weighted by molar-refractivity contribution is -0.308. The Bertz CT molecular complexity index is 985. The number of hydrogen-bond acceptors (Lipinski definition) is 9. The number of rotatable bonds is 3. The van der Waals surface area contributed by atoms with Crippen LogP contribution in [0.4, 0.5) is 0 Å². The third-order valence-electron chi connectivity index (χ3n) is 9.45. The lowest BCUT2D eigenvalue weighted by Gasteiger charge is -2.69. The predicted octanol–water partition coefficient (Wildman–Crippen LogP) is 1.72. The minimum Gasteiger partial charge on any atom is -0.462 e. The van der Waals surface area contributed by atoms with Crippen molar-refractivity contribution in [3.63, 3.8) is 0 Å². The van der Waals surface area contributed by atoms with Gasteiger partial charge in [0.25, 0.3) is 0 Å². The lowest BCUT2D eigenvalue weighted by Crippen LogP contribution is -2.77. The summed E-state index contributed by atoms with van der Waals surface area (Å²) >= 11 is 0. The Labute approximate surface area is 205 Å². The molecule has 4 aliphatic rings. The number of carbonyl (C=O) groups excluding carboxylic acids is 4. The number of ether oxygens (including phenoxy) is 3. The van der Waals surface area contributed by atoms with Crippen molar-refractivity contribution >= 4 is 23.7 Å². The maximum absolute atomic E-state index is 14.0. The van der Waals surface area contributed by atoms with Crippen molar-refractivity contribution < 1.29 is 43.6 Å². The van der Waals surface area contributed by atoms with E-state index in [1.54, 1.807) is 0 Å². The van der Waals surface area contributed by atoms with Crippen LogP contribution >= 0.6 is 0 Å². The third-order valence-corrected chi connectivity index (χ3v) is 9.45. The predicted molar refractivity (Wildman–Crippen MR) is 121 cm³/mol. The van der Waals surface area contributed by atoms with Gasteiger partial charge in [-0.25, -0.2) is 0 Å². The van der Waals surface area contributed by atoms with Crippen molar-refractivity contribution in [2.45, 2.75) is 91.3 Å². The molecule has 0 aromatic rings. The Morgan fingerprint density at radius 3 is 2.00 bits per heavy atom. The van der Waals surface area contributed by atoms with Crippen LogP contribution in [0.5, 0.6) is 0 Å². The Morgan fingerprint density at radius 1 is 0.886 bits per heavy atom. The van der Waals surface area contributed by atoms with Crippen molar-refractivity contribution in [1.29, 1.82) is 0 Å². The number of allylic oxidation sites excluding steroid dienone is 1. The normalized spacial score (nSPS) is 45.7. The molecular formula is C26H36O9. The van der Waals surface area contributed by atoms with E-state index in [0.717, 1.165) is 0 Å². The van der Waals surface area contributed by atoms with E-state index >= 15 is 0 Å². The van der Waals surface area contributed by atoms with Crippen LogP contribution in [-0.4, -0.2) is 64.4 Å². The average Bonchev–Trinajstić information content (AvgIpc) is 2.90. The van der Waals surface area contributed by atoms with Crippen LogP contribution in [0.15, 0.2) is 12.2 Å². The highest BCUT2D eigenvalue weighted by molar-refractivity contribution is 6.04. The van der Waals surface area contributed by atoms with Gasteiger partial charge in [-0.2, -0.15) is 0 Å². The maximum Gasteiger partial charge on any atom is 0.303 e. The van der Waals surface area contributed by atoms with Crippen LogP contribution in [0, 0.1) is 34.0 Å². The fraction of sp³-hybridized carbons (Fsp3) is 0.769. The van der Waals surface area contributed by atoms with Crippen LogP contribution in [0.1, 0.15) is 60.8 Å². The van der Waals surface area contributed by atoms with E-state index in [2.05, 4.69) is 6.58 Å². The molecule has 0 heterocycles. The van der Waals surface area contributed by atoms with Crippen LogP contribution in [0.2, 0.25) is 0 Å². The van der Waals surface area contributed by atoms with Gasteiger partial charge in [-0.3, -0.25) is 19.2 Å². The first-order chi connectivity index (χ1) is 16.1. The Hall–Kier alpha value is -2.26. The second-order valence-electron chi connectivity index (χ2n) is 11.7. The number of esters is 3. The molecule has 9 nitrogen and oxygen atoms in total. The van der Waals surface area contributed by atoms with Gasteiger partial charge in [-0.15, -0.1) is 0 Å². The second kappa shape index (κ2) is 8.13. The van der Waals surface area contributed by atoms with Crippen molar-refractivity contribution in [1.82, 2.24) is 0 Å². The van der Waals surface area contributed by atoms with Crippen LogP contribution in [-0.2, 0) is 33.4 Å². The number of Topliss-reactive ketones (excluding diaryl/α,β-unsaturated/α-hetero) is 1.